The Morgan fingerprint density at radius 1 is 0.667 bits per heavy atom. The molecule has 2 N–H and O–H groups in total. The summed E-state index contributed by atoms with van der Waals surface area (Å²) in [6.07, 6.45) is 0. The molecule has 3 aromatic rings. The van der Waals surface area contributed by atoms with Gasteiger partial charge in [-0.2, -0.15) is 9.97 Å². The Labute approximate surface area is 192 Å². The van der Waals surface area contributed by atoms with Gasteiger partial charge in [-0.1, -0.05) is 12.1 Å². The molecule has 10 heteroatoms. The average molecular weight is 449 g/mol. The number of carbonyl (C=O) groups excluding carboxylic acids is 2. The number of nitrogens with two attached hydrogens (primary N) is 1. The molecule has 3 rings (SSSR count). The average Bonchev–Trinajstić information content (AvgIpc) is 2.85. The Kier molecular flexibility index (Phi) is 7.60. The van der Waals surface area contributed by atoms with Gasteiger partial charge in [0.05, 0.1) is 0 Å². The van der Waals surface area contributed by atoms with E-state index in [0.29, 0.717) is 49.0 Å². The quantitative estimate of drug-likeness (QED) is 0.556. The van der Waals surface area contributed by atoms with Crippen LogP contribution < -0.4 is 5.73 Å². The van der Waals surface area contributed by atoms with E-state index in [2.05, 4.69) is 24.9 Å². The van der Waals surface area contributed by atoms with Crippen LogP contribution in [0.4, 0.5) is 5.95 Å². The van der Waals surface area contributed by atoms with Gasteiger partial charge in [-0.25, -0.2) is 15.0 Å². The third kappa shape index (κ3) is 5.28. The number of nitrogen functional groups attached to an aromatic ring is 1. The Bertz CT molecular complexity index is 1060. The second-order valence-electron chi connectivity index (χ2n) is 7.11. The van der Waals surface area contributed by atoms with Gasteiger partial charge in [0, 0.05) is 26.2 Å². The number of rotatable bonds is 8. The van der Waals surface area contributed by atoms with Crippen molar-refractivity contribution in [1.29, 1.82) is 0 Å². The van der Waals surface area contributed by atoms with E-state index in [1.807, 2.05) is 27.7 Å². The van der Waals surface area contributed by atoms with Gasteiger partial charge < -0.3 is 15.5 Å². The predicted molar refractivity (Wildman–Crippen MR) is 125 cm³/mol. The zero-order valence-electron chi connectivity index (χ0n) is 19.3. The lowest BCUT2D eigenvalue weighted by molar-refractivity contribution is 0.0759. The zero-order chi connectivity index (χ0) is 24.0. The number of hydrogen-bond donors (Lipinski definition) is 1. The lowest BCUT2D eigenvalue weighted by Crippen LogP contribution is -2.31. The Balaban J connectivity index is 1.99. The summed E-state index contributed by atoms with van der Waals surface area (Å²) < 4.78 is 0. The maximum absolute atomic E-state index is 12.7. The van der Waals surface area contributed by atoms with Gasteiger partial charge in [-0.3, -0.25) is 9.59 Å². The maximum Gasteiger partial charge on any atom is 0.272 e. The summed E-state index contributed by atoms with van der Waals surface area (Å²) in [6.45, 7) is 9.98. The van der Waals surface area contributed by atoms with Gasteiger partial charge in [-0.15, -0.1) is 0 Å². The van der Waals surface area contributed by atoms with Crippen LogP contribution >= 0.6 is 0 Å². The standard InChI is InChI=1S/C23H28N8O2/c1-5-30(6-2)21(32)17-13-9-11-15(25-17)19-27-20(29-23(24)28-19)16-12-10-14-18(26-16)22(33)31(7-3)8-4/h9-14H,5-8H2,1-4H3,(H2,24,27,28,29). The normalized spacial score (nSPS) is 10.7. The molecule has 0 unspecified atom stereocenters. The molecular formula is C23H28N8O2. The minimum Gasteiger partial charge on any atom is -0.368 e. The minimum absolute atomic E-state index is 0.0143. The summed E-state index contributed by atoms with van der Waals surface area (Å²) in [7, 11) is 0. The van der Waals surface area contributed by atoms with Crippen LogP contribution in [0.25, 0.3) is 23.0 Å². The van der Waals surface area contributed by atoms with Crippen LogP contribution in [0.3, 0.4) is 0 Å². The summed E-state index contributed by atoms with van der Waals surface area (Å²) in [4.78, 5) is 50.5. The summed E-state index contributed by atoms with van der Waals surface area (Å²) in [6, 6.07) is 10.1. The molecule has 0 saturated carbocycles. The fraction of sp³-hybridized carbons (Fsp3) is 0.348. The minimum atomic E-state index is -0.173. The van der Waals surface area contributed by atoms with Crippen molar-refractivity contribution in [2.45, 2.75) is 27.7 Å². The number of carbonyl (C=O) groups is 2. The number of amides is 2. The molecule has 0 aliphatic heterocycles. The summed E-state index contributed by atoms with van der Waals surface area (Å²) in [5.74, 6) is 0.0734. The highest BCUT2D eigenvalue weighted by atomic mass is 16.2. The molecule has 0 bridgehead atoms. The van der Waals surface area contributed by atoms with Gasteiger partial charge in [0.15, 0.2) is 11.6 Å². The molecule has 33 heavy (non-hydrogen) atoms. The van der Waals surface area contributed by atoms with E-state index in [1.165, 1.54) is 0 Å². The highest BCUT2D eigenvalue weighted by molar-refractivity contribution is 5.93. The van der Waals surface area contributed by atoms with E-state index in [4.69, 9.17) is 5.73 Å². The molecule has 0 aromatic carbocycles. The van der Waals surface area contributed by atoms with E-state index in [-0.39, 0.29) is 29.4 Å². The second-order valence-corrected chi connectivity index (χ2v) is 7.11. The van der Waals surface area contributed by atoms with Gasteiger partial charge in [-0.05, 0) is 52.0 Å². The topological polar surface area (TPSA) is 131 Å². The number of hydrogen-bond acceptors (Lipinski definition) is 8. The molecule has 0 spiro atoms. The maximum atomic E-state index is 12.7. The first-order valence-electron chi connectivity index (χ1n) is 11.0. The molecule has 0 atom stereocenters. The fourth-order valence-corrected chi connectivity index (χ4v) is 3.32. The highest BCUT2D eigenvalue weighted by Gasteiger charge is 2.18. The van der Waals surface area contributed by atoms with Gasteiger partial charge in [0.2, 0.25) is 5.95 Å². The largest absolute Gasteiger partial charge is 0.368 e. The molecule has 3 heterocycles. The second kappa shape index (κ2) is 10.6. The van der Waals surface area contributed by atoms with Crippen molar-refractivity contribution in [2.75, 3.05) is 31.9 Å². The van der Waals surface area contributed by atoms with E-state index in [0.717, 1.165) is 0 Å². The number of aromatic nitrogens is 5. The van der Waals surface area contributed by atoms with Crippen molar-refractivity contribution in [3.05, 3.63) is 47.8 Å². The lowest BCUT2D eigenvalue weighted by atomic mass is 10.2. The molecule has 0 aliphatic rings. The third-order valence-electron chi connectivity index (χ3n) is 5.15. The number of anilines is 1. The summed E-state index contributed by atoms with van der Waals surface area (Å²) in [5.41, 5.74) is 7.31. The number of pyridine rings is 2. The Hall–Kier alpha value is -3.95. The van der Waals surface area contributed by atoms with Gasteiger partial charge >= 0.3 is 0 Å². The first kappa shape index (κ1) is 23.7. The van der Waals surface area contributed by atoms with Crippen molar-refractivity contribution in [2.24, 2.45) is 0 Å². The third-order valence-corrected chi connectivity index (χ3v) is 5.15. The van der Waals surface area contributed by atoms with Crippen LogP contribution in [0.2, 0.25) is 0 Å². The van der Waals surface area contributed by atoms with Gasteiger partial charge in [0.1, 0.15) is 22.8 Å². The fourth-order valence-electron chi connectivity index (χ4n) is 3.32. The molecule has 0 aliphatic carbocycles. The zero-order valence-corrected chi connectivity index (χ0v) is 19.3. The van der Waals surface area contributed by atoms with Crippen LogP contribution in [0.1, 0.15) is 48.7 Å². The first-order valence-corrected chi connectivity index (χ1v) is 11.0. The molecule has 172 valence electrons. The summed E-state index contributed by atoms with van der Waals surface area (Å²) >= 11 is 0. The van der Waals surface area contributed by atoms with Crippen molar-refractivity contribution in [3.63, 3.8) is 0 Å². The van der Waals surface area contributed by atoms with Crippen LogP contribution in [-0.2, 0) is 0 Å². The SMILES string of the molecule is CCN(CC)C(=O)c1cccc(-c2nc(N)nc(-c3cccc(C(=O)N(CC)CC)n3)n2)n1. The molecule has 0 saturated heterocycles. The smallest absolute Gasteiger partial charge is 0.272 e. The predicted octanol–water partition coefficient (Wildman–Crippen LogP) is 2.54. The van der Waals surface area contributed by atoms with E-state index in [1.54, 1.807) is 46.2 Å². The van der Waals surface area contributed by atoms with E-state index >= 15 is 0 Å². The van der Waals surface area contributed by atoms with Crippen LogP contribution in [0.15, 0.2) is 36.4 Å². The van der Waals surface area contributed by atoms with Crippen LogP contribution in [0.5, 0.6) is 0 Å². The number of nitrogens with zero attached hydrogens (tertiary/aromatic N) is 7. The van der Waals surface area contributed by atoms with Gasteiger partial charge in [0.25, 0.3) is 11.8 Å². The van der Waals surface area contributed by atoms with E-state index in [9.17, 15) is 9.59 Å². The molecule has 2 amide bonds. The molecule has 10 nitrogen and oxygen atoms in total. The van der Waals surface area contributed by atoms with Crippen LogP contribution in [0, 0.1) is 0 Å². The molecule has 0 fully saturated rings. The molecule has 0 radical (unpaired) electrons. The van der Waals surface area contributed by atoms with Crippen molar-refractivity contribution in [1.82, 2.24) is 34.7 Å². The van der Waals surface area contributed by atoms with Crippen molar-refractivity contribution >= 4 is 17.8 Å². The highest BCUT2D eigenvalue weighted by Crippen LogP contribution is 2.20. The Morgan fingerprint density at radius 3 is 1.42 bits per heavy atom. The lowest BCUT2D eigenvalue weighted by Gasteiger charge is -2.18. The Morgan fingerprint density at radius 2 is 1.06 bits per heavy atom. The van der Waals surface area contributed by atoms with Crippen LogP contribution in [-0.4, -0.2) is 72.7 Å². The van der Waals surface area contributed by atoms with Crippen molar-refractivity contribution in [3.8, 4) is 23.0 Å². The first-order chi connectivity index (χ1) is 15.9. The van der Waals surface area contributed by atoms with Crippen molar-refractivity contribution < 1.29 is 9.59 Å². The van der Waals surface area contributed by atoms with E-state index < -0.39 is 0 Å². The summed E-state index contributed by atoms with van der Waals surface area (Å²) in [5, 5.41) is 0. The molecule has 3 aromatic heterocycles. The monoisotopic (exact) mass is 448 g/mol. The molecular weight excluding hydrogens is 420 g/mol.